The van der Waals surface area contributed by atoms with Crippen LogP contribution < -0.4 is 5.32 Å². The Morgan fingerprint density at radius 3 is 2.38 bits per heavy atom. The number of rotatable bonds is 3. The van der Waals surface area contributed by atoms with Crippen molar-refractivity contribution in [3.8, 4) is 0 Å². The van der Waals surface area contributed by atoms with E-state index in [-0.39, 0.29) is 5.69 Å². The summed E-state index contributed by atoms with van der Waals surface area (Å²) in [5.41, 5.74) is 1.06. The van der Waals surface area contributed by atoms with Crippen LogP contribution >= 0.6 is 0 Å². The number of nitrogens with zero attached hydrogens (tertiary/aromatic N) is 1. The molecule has 2 nitrogen and oxygen atoms in total. The SMILES string of the molecule is C=C(Nc1cc(F)cc(C(F)(F)F)c1)c1cc(C)cn1C. The fourth-order valence-corrected chi connectivity index (χ4v) is 2.09. The third kappa shape index (κ3) is 3.45. The van der Waals surface area contributed by atoms with Crippen molar-refractivity contribution in [2.45, 2.75) is 13.1 Å². The fraction of sp³-hybridized carbons (Fsp3) is 0.200. The molecular weight excluding hydrogens is 284 g/mol. The Labute approximate surface area is 119 Å². The van der Waals surface area contributed by atoms with Crippen molar-refractivity contribution < 1.29 is 17.6 Å². The van der Waals surface area contributed by atoms with Gasteiger partial charge in [-0.1, -0.05) is 6.58 Å². The number of nitrogens with one attached hydrogen (secondary N) is 1. The van der Waals surface area contributed by atoms with Crippen LogP contribution in [0.4, 0.5) is 23.2 Å². The Morgan fingerprint density at radius 1 is 1.19 bits per heavy atom. The maximum absolute atomic E-state index is 13.3. The van der Waals surface area contributed by atoms with Crippen LogP contribution in [0.3, 0.4) is 0 Å². The van der Waals surface area contributed by atoms with Gasteiger partial charge in [0.2, 0.25) is 0 Å². The average Bonchev–Trinajstić information content (AvgIpc) is 2.66. The van der Waals surface area contributed by atoms with E-state index in [9.17, 15) is 17.6 Å². The lowest BCUT2D eigenvalue weighted by molar-refractivity contribution is -0.137. The van der Waals surface area contributed by atoms with Gasteiger partial charge in [0.15, 0.2) is 0 Å². The van der Waals surface area contributed by atoms with Crippen molar-refractivity contribution in [2.75, 3.05) is 5.32 Å². The second-order valence-corrected chi connectivity index (χ2v) is 4.84. The molecule has 1 aromatic heterocycles. The van der Waals surface area contributed by atoms with Gasteiger partial charge in [0.05, 0.1) is 17.0 Å². The molecule has 0 spiro atoms. The topological polar surface area (TPSA) is 17.0 Å². The quantitative estimate of drug-likeness (QED) is 0.821. The number of aryl methyl sites for hydroxylation is 2. The van der Waals surface area contributed by atoms with Crippen LogP contribution in [0, 0.1) is 12.7 Å². The van der Waals surface area contributed by atoms with Crippen molar-refractivity contribution in [1.82, 2.24) is 4.57 Å². The second kappa shape index (κ2) is 5.27. The molecule has 2 aromatic rings. The highest BCUT2D eigenvalue weighted by Crippen LogP contribution is 2.32. The maximum Gasteiger partial charge on any atom is 0.416 e. The third-order valence-corrected chi connectivity index (χ3v) is 2.97. The van der Waals surface area contributed by atoms with Gasteiger partial charge in [-0.3, -0.25) is 0 Å². The number of hydrogen-bond acceptors (Lipinski definition) is 1. The zero-order chi connectivity index (χ0) is 15.8. The molecule has 0 aliphatic carbocycles. The summed E-state index contributed by atoms with van der Waals surface area (Å²) in [6.45, 7) is 5.67. The molecule has 112 valence electrons. The first-order valence-corrected chi connectivity index (χ1v) is 6.14. The molecule has 0 bridgehead atoms. The molecule has 0 saturated carbocycles. The van der Waals surface area contributed by atoms with Gasteiger partial charge < -0.3 is 9.88 Å². The van der Waals surface area contributed by atoms with Crippen LogP contribution in [0.5, 0.6) is 0 Å². The molecule has 0 aliphatic heterocycles. The van der Waals surface area contributed by atoms with Crippen LogP contribution in [-0.2, 0) is 13.2 Å². The van der Waals surface area contributed by atoms with E-state index in [4.69, 9.17) is 0 Å². The summed E-state index contributed by atoms with van der Waals surface area (Å²) in [7, 11) is 1.79. The molecule has 0 amide bonds. The molecule has 0 fully saturated rings. The van der Waals surface area contributed by atoms with Gasteiger partial charge >= 0.3 is 6.18 Å². The first-order chi connectivity index (χ1) is 9.66. The molecule has 6 heteroatoms. The van der Waals surface area contributed by atoms with Crippen LogP contribution in [0.2, 0.25) is 0 Å². The Bertz CT molecular complexity index is 683. The standard InChI is InChI=1S/C15H14F4N2/c1-9-4-14(21(3)8-9)10(2)20-13-6-11(15(17,18)19)5-12(16)7-13/h4-8,20H,2H2,1,3H3. The summed E-state index contributed by atoms with van der Waals surface area (Å²) in [6.07, 6.45) is -2.74. The minimum Gasteiger partial charge on any atom is -0.354 e. The minimum absolute atomic E-state index is 0.00572. The number of anilines is 1. The first kappa shape index (κ1) is 15.2. The van der Waals surface area contributed by atoms with Gasteiger partial charge in [0.25, 0.3) is 0 Å². The normalized spacial score (nSPS) is 11.5. The smallest absolute Gasteiger partial charge is 0.354 e. The van der Waals surface area contributed by atoms with Crippen molar-refractivity contribution in [2.24, 2.45) is 7.05 Å². The summed E-state index contributed by atoms with van der Waals surface area (Å²) in [5, 5.41) is 2.71. The predicted octanol–water partition coefficient (Wildman–Crippen LogP) is 4.57. The Balaban J connectivity index is 2.29. The van der Waals surface area contributed by atoms with E-state index in [1.165, 1.54) is 0 Å². The molecule has 0 aliphatic rings. The molecular formula is C15H14F4N2. The van der Waals surface area contributed by atoms with E-state index in [1.54, 1.807) is 11.6 Å². The van der Waals surface area contributed by atoms with Crippen molar-refractivity contribution in [3.63, 3.8) is 0 Å². The molecule has 1 aromatic carbocycles. The average molecular weight is 298 g/mol. The number of aromatic nitrogens is 1. The summed E-state index contributed by atoms with van der Waals surface area (Å²) >= 11 is 0. The Hall–Kier alpha value is -2.24. The molecule has 21 heavy (non-hydrogen) atoms. The van der Waals surface area contributed by atoms with E-state index < -0.39 is 17.6 Å². The van der Waals surface area contributed by atoms with Crippen molar-refractivity contribution in [3.05, 3.63) is 59.7 Å². The van der Waals surface area contributed by atoms with E-state index in [2.05, 4.69) is 11.9 Å². The van der Waals surface area contributed by atoms with Gasteiger partial charge in [-0.25, -0.2) is 4.39 Å². The molecule has 0 atom stereocenters. The lowest BCUT2D eigenvalue weighted by Gasteiger charge is -2.13. The lowest BCUT2D eigenvalue weighted by atomic mass is 10.1. The molecule has 0 saturated heterocycles. The summed E-state index contributed by atoms with van der Waals surface area (Å²) in [4.78, 5) is 0. The molecule has 0 radical (unpaired) electrons. The van der Waals surface area contributed by atoms with Gasteiger partial charge in [0.1, 0.15) is 5.82 Å². The Morgan fingerprint density at radius 2 is 1.86 bits per heavy atom. The zero-order valence-electron chi connectivity index (χ0n) is 11.6. The fourth-order valence-electron chi connectivity index (χ4n) is 2.09. The molecule has 1 heterocycles. The van der Waals surface area contributed by atoms with E-state index in [0.717, 1.165) is 17.7 Å². The maximum atomic E-state index is 13.3. The van der Waals surface area contributed by atoms with Crippen molar-refractivity contribution in [1.29, 1.82) is 0 Å². The second-order valence-electron chi connectivity index (χ2n) is 4.84. The Kier molecular flexibility index (Phi) is 3.80. The van der Waals surface area contributed by atoms with Gasteiger partial charge in [0, 0.05) is 18.9 Å². The van der Waals surface area contributed by atoms with E-state index in [0.29, 0.717) is 17.5 Å². The van der Waals surface area contributed by atoms with Gasteiger partial charge in [-0.15, -0.1) is 0 Å². The largest absolute Gasteiger partial charge is 0.416 e. The first-order valence-electron chi connectivity index (χ1n) is 6.14. The zero-order valence-corrected chi connectivity index (χ0v) is 11.6. The van der Waals surface area contributed by atoms with E-state index in [1.807, 2.05) is 19.2 Å². The minimum atomic E-state index is -4.60. The predicted molar refractivity (Wildman–Crippen MR) is 74.2 cm³/mol. The number of halogens is 4. The molecule has 0 unspecified atom stereocenters. The highest BCUT2D eigenvalue weighted by atomic mass is 19.4. The summed E-state index contributed by atoms with van der Waals surface area (Å²) in [6, 6.07) is 4.14. The summed E-state index contributed by atoms with van der Waals surface area (Å²) < 4.78 is 53.1. The lowest BCUT2D eigenvalue weighted by Crippen LogP contribution is -2.08. The van der Waals surface area contributed by atoms with Crippen molar-refractivity contribution >= 4 is 11.4 Å². The number of benzene rings is 1. The molecule has 1 N–H and O–H groups in total. The van der Waals surface area contributed by atoms with E-state index >= 15 is 0 Å². The number of alkyl halides is 3. The van der Waals surface area contributed by atoms with Crippen LogP contribution in [0.15, 0.2) is 37.0 Å². The number of hydrogen-bond donors (Lipinski definition) is 1. The van der Waals surface area contributed by atoms with Crippen LogP contribution in [0.1, 0.15) is 16.8 Å². The monoisotopic (exact) mass is 298 g/mol. The summed E-state index contributed by atoms with van der Waals surface area (Å²) in [5.74, 6) is -0.955. The van der Waals surface area contributed by atoms with Gasteiger partial charge in [-0.2, -0.15) is 13.2 Å². The van der Waals surface area contributed by atoms with Gasteiger partial charge in [-0.05, 0) is 36.8 Å². The molecule has 2 rings (SSSR count). The van der Waals surface area contributed by atoms with Crippen LogP contribution in [-0.4, -0.2) is 4.57 Å². The van der Waals surface area contributed by atoms with Crippen LogP contribution in [0.25, 0.3) is 5.70 Å². The highest BCUT2D eigenvalue weighted by molar-refractivity contribution is 5.74. The third-order valence-electron chi connectivity index (χ3n) is 2.97. The highest BCUT2D eigenvalue weighted by Gasteiger charge is 2.31.